The van der Waals surface area contributed by atoms with Crippen LogP contribution < -0.4 is 15.4 Å². The molecular formula is C18H22N6O4. The van der Waals surface area contributed by atoms with Crippen molar-refractivity contribution in [3.8, 4) is 5.88 Å². The van der Waals surface area contributed by atoms with Gasteiger partial charge >= 0.3 is 6.03 Å². The van der Waals surface area contributed by atoms with Crippen molar-refractivity contribution in [2.75, 3.05) is 12.4 Å². The predicted molar refractivity (Wildman–Crippen MR) is 102 cm³/mol. The van der Waals surface area contributed by atoms with Gasteiger partial charge in [0.25, 0.3) is 0 Å². The van der Waals surface area contributed by atoms with E-state index in [4.69, 9.17) is 4.74 Å². The fourth-order valence-electron chi connectivity index (χ4n) is 2.86. The van der Waals surface area contributed by atoms with Crippen LogP contribution in [0.3, 0.4) is 0 Å². The smallest absolute Gasteiger partial charge is 0.321 e. The SMILES string of the molecule is COc1n[nH]c2cc(NC(=O)NC(c3ccccn3)C(C)(C)O)nc(CO)c12. The lowest BCUT2D eigenvalue weighted by molar-refractivity contribution is 0.0400. The van der Waals surface area contributed by atoms with E-state index in [9.17, 15) is 15.0 Å². The fourth-order valence-corrected chi connectivity index (χ4v) is 2.86. The van der Waals surface area contributed by atoms with E-state index in [0.29, 0.717) is 28.2 Å². The van der Waals surface area contributed by atoms with Gasteiger partial charge in [-0.3, -0.25) is 15.4 Å². The lowest BCUT2D eigenvalue weighted by Crippen LogP contribution is -2.44. The maximum absolute atomic E-state index is 12.5. The Morgan fingerprint density at radius 1 is 1.39 bits per heavy atom. The fraction of sp³-hybridized carbons (Fsp3) is 0.333. The highest BCUT2D eigenvalue weighted by Gasteiger charge is 2.31. The number of aromatic nitrogens is 4. The summed E-state index contributed by atoms with van der Waals surface area (Å²) >= 11 is 0. The molecule has 0 aliphatic heterocycles. The van der Waals surface area contributed by atoms with Crippen molar-refractivity contribution >= 4 is 22.8 Å². The van der Waals surface area contributed by atoms with Crippen molar-refractivity contribution in [2.24, 2.45) is 0 Å². The predicted octanol–water partition coefficient (Wildman–Crippen LogP) is 1.49. The van der Waals surface area contributed by atoms with Gasteiger partial charge in [-0.25, -0.2) is 9.78 Å². The van der Waals surface area contributed by atoms with Gasteiger partial charge in [0.1, 0.15) is 11.9 Å². The number of hydrogen-bond donors (Lipinski definition) is 5. The molecule has 3 aromatic heterocycles. The van der Waals surface area contributed by atoms with Gasteiger partial charge < -0.3 is 20.3 Å². The summed E-state index contributed by atoms with van der Waals surface area (Å²) in [6, 6.07) is 5.48. The Bertz CT molecular complexity index is 967. The molecule has 5 N–H and O–H groups in total. The number of nitrogens with zero attached hydrogens (tertiary/aromatic N) is 3. The number of ether oxygens (including phenoxy) is 1. The van der Waals surface area contributed by atoms with Gasteiger partial charge in [-0.05, 0) is 26.0 Å². The molecule has 3 aromatic rings. The number of methoxy groups -OCH3 is 1. The Balaban J connectivity index is 1.84. The number of rotatable bonds is 6. The number of aliphatic hydroxyl groups excluding tert-OH is 1. The molecule has 0 fully saturated rings. The van der Waals surface area contributed by atoms with Crippen LogP contribution in [0.25, 0.3) is 10.9 Å². The van der Waals surface area contributed by atoms with Crippen LogP contribution in [0.2, 0.25) is 0 Å². The van der Waals surface area contributed by atoms with Crippen LogP contribution >= 0.6 is 0 Å². The van der Waals surface area contributed by atoms with Crippen LogP contribution in [0.5, 0.6) is 5.88 Å². The van der Waals surface area contributed by atoms with Gasteiger partial charge in [-0.2, -0.15) is 0 Å². The molecule has 3 rings (SSSR count). The molecule has 0 aliphatic carbocycles. The van der Waals surface area contributed by atoms with E-state index in [1.807, 2.05) is 0 Å². The van der Waals surface area contributed by atoms with E-state index in [1.54, 1.807) is 44.3 Å². The molecule has 10 heteroatoms. The third kappa shape index (κ3) is 4.02. The largest absolute Gasteiger partial charge is 0.479 e. The second-order valence-corrected chi connectivity index (χ2v) is 6.71. The number of amides is 2. The lowest BCUT2D eigenvalue weighted by Gasteiger charge is -2.29. The Kier molecular flexibility index (Phi) is 5.43. The minimum absolute atomic E-state index is 0.205. The number of aromatic amines is 1. The van der Waals surface area contributed by atoms with Crippen molar-refractivity contribution in [3.05, 3.63) is 41.9 Å². The van der Waals surface area contributed by atoms with E-state index in [-0.39, 0.29) is 12.4 Å². The van der Waals surface area contributed by atoms with E-state index < -0.39 is 17.7 Å². The van der Waals surface area contributed by atoms with Crippen molar-refractivity contribution < 1.29 is 19.7 Å². The second-order valence-electron chi connectivity index (χ2n) is 6.71. The number of carbonyl (C=O) groups excluding carboxylic acids is 1. The summed E-state index contributed by atoms with van der Waals surface area (Å²) in [7, 11) is 1.46. The van der Waals surface area contributed by atoms with Gasteiger partial charge in [0.2, 0.25) is 5.88 Å². The second kappa shape index (κ2) is 7.79. The third-order valence-electron chi connectivity index (χ3n) is 4.14. The minimum atomic E-state index is -1.25. The highest BCUT2D eigenvalue weighted by molar-refractivity contribution is 5.93. The standard InChI is InChI=1S/C18H22N6O4/c1-18(2,27)15(10-6-4-5-7-19-10)22-17(26)21-13-8-11-14(12(9-25)20-13)16(28-3)24-23-11/h4-8,15,25,27H,9H2,1-3H3,(H,23,24)(H2,20,21,22,26). The molecule has 0 aliphatic rings. The summed E-state index contributed by atoms with van der Waals surface area (Å²) in [5, 5.41) is 32.7. The number of urea groups is 1. The summed E-state index contributed by atoms with van der Waals surface area (Å²) in [6.45, 7) is 2.80. The first-order valence-electron chi connectivity index (χ1n) is 8.57. The number of hydrogen-bond acceptors (Lipinski definition) is 7. The lowest BCUT2D eigenvalue weighted by atomic mass is 9.95. The molecular weight excluding hydrogens is 364 g/mol. The molecule has 0 saturated heterocycles. The van der Waals surface area contributed by atoms with Gasteiger partial charge in [0, 0.05) is 12.3 Å². The highest BCUT2D eigenvalue weighted by Crippen LogP contribution is 2.28. The molecule has 0 bridgehead atoms. The van der Waals surface area contributed by atoms with Gasteiger partial charge in [-0.1, -0.05) is 6.07 Å². The van der Waals surface area contributed by atoms with Crippen LogP contribution in [0.1, 0.15) is 31.3 Å². The zero-order valence-corrected chi connectivity index (χ0v) is 15.7. The number of nitrogens with one attached hydrogen (secondary N) is 3. The third-order valence-corrected chi connectivity index (χ3v) is 4.14. The van der Waals surface area contributed by atoms with Crippen LogP contribution in [0, 0.1) is 0 Å². The summed E-state index contributed by atoms with van der Waals surface area (Å²) in [6.07, 6.45) is 1.59. The molecule has 148 valence electrons. The summed E-state index contributed by atoms with van der Waals surface area (Å²) in [5.41, 5.74) is 0.121. The van der Waals surface area contributed by atoms with Crippen molar-refractivity contribution in [1.29, 1.82) is 0 Å². The zero-order valence-electron chi connectivity index (χ0n) is 15.7. The number of carbonyl (C=O) groups is 1. The summed E-state index contributed by atoms with van der Waals surface area (Å²) in [5.74, 6) is 0.510. The zero-order chi connectivity index (χ0) is 20.3. The molecule has 0 saturated carbocycles. The molecule has 0 spiro atoms. The topological polar surface area (TPSA) is 145 Å². The van der Waals surface area contributed by atoms with Crippen LogP contribution in [0.4, 0.5) is 10.6 Å². The number of pyridine rings is 2. The molecule has 1 atom stereocenters. The maximum atomic E-state index is 12.5. The Morgan fingerprint density at radius 2 is 2.18 bits per heavy atom. The molecule has 28 heavy (non-hydrogen) atoms. The first-order valence-corrected chi connectivity index (χ1v) is 8.57. The number of aliphatic hydroxyl groups is 2. The number of anilines is 1. The van der Waals surface area contributed by atoms with Crippen molar-refractivity contribution in [3.63, 3.8) is 0 Å². The minimum Gasteiger partial charge on any atom is -0.479 e. The molecule has 0 aromatic carbocycles. The number of H-pyrrole nitrogens is 1. The Hall–Kier alpha value is -3.24. The first-order chi connectivity index (χ1) is 13.3. The molecule has 10 nitrogen and oxygen atoms in total. The molecule has 0 radical (unpaired) electrons. The number of fused-ring (bicyclic) bond motifs is 1. The van der Waals surface area contributed by atoms with Crippen LogP contribution in [-0.4, -0.2) is 49.1 Å². The molecule has 3 heterocycles. The average molecular weight is 386 g/mol. The van der Waals surface area contributed by atoms with E-state index in [1.165, 1.54) is 7.11 Å². The van der Waals surface area contributed by atoms with E-state index >= 15 is 0 Å². The Labute approximate surface area is 161 Å². The highest BCUT2D eigenvalue weighted by atomic mass is 16.5. The van der Waals surface area contributed by atoms with Gasteiger partial charge in [0.15, 0.2) is 0 Å². The van der Waals surface area contributed by atoms with Gasteiger partial charge in [-0.15, -0.1) is 5.10 Å². The van der Waals surface area contributed by atoms with Crippen LogP contribution in [0.15, 0.2) is 30.5 Å². The van der Waals surface area contributed by atoms with E-state index in [2.05, 4.69) is 30.8 Å². The average Bonchev–Trinajstić information content (AvgIpc) is 3.08. The first kappa shape index (κ1) is 19.5. The maximum Gasteiger partial charge on any atom is 0.321 e. The Morgan fingerprint density at radius 3 is 2.79 bits per heavy atom. The van der Waals surface area contributed by atoms with Crippen molar-refractivity contribution in [2.45, 2.75) is 32.1 Å². The molecule has 2 amide bonds. The summed E-state index contributed by atoms with van der Waals surface area (Å²) < 4.78 is 5.14. The monoisotopic (exact) mass is 386 g/mol. The quantitative estimate of drug-likeness (QED) is 0.431. The summed E-state index contributed by atoms with van der Waals surface area (Å²) in [4.78, 5) is 21.0. The normalized spacial score (nSPS) is 12.6. The molecule has 1 unspecified atom stereocenters. The van der Waals surface area contributed by atoms with Crippen molar-refractivity contribution in [1.82, 2.24) is 25.5 Å². The van der Waals surface area contributed by atoms with E-state index in [0.717, 1.165) is 0 Å². The van der Waals surface area contributed by atoms with Gasteiger partial charge in [0.05, 0.1) is 41.6 Å². The van der Waals surface area contributed by atoms with Crippen LogP contribution in [-0.2, 0) is 6.61 Å².